The van der Waals surface area contributed by atoms with Gasteiger partial charge in [0.15, 0.2) is 0 Å². The van der Waals surface area contributed by atoms with Crippen LogP contribution < -0.4 is 14.8 Å². The van der Waals surface area contributed by atoms with E-state index >= 15 is 0 Å². The number of nitrogens with one attached hydrogen (secondary N) is 1. The van der Waals surface area contributed by atoms with E-state index in [4.69, 9.17) is 14.6 Å². The molecule has 0 unspecified atom stereocenters. The fourth-order valence-electron chi connectivity index (χ4n) is 4.40. The van der Waals surface area contributed by atoms with Gasteiger partial charge in [-0.15, -0.1) is 0 Å². The number of amides is 1. The topological polar surface area (TPSA) is 63.2 Å². The maximum atomic E-state index is 13.0. The van der Waals surface area contributed by atoms with Crippen LogP contribution in [0.5, 0.6) is 11.5 Å². The molecule has 0 aromatic heterocycles. The molecule has 0 saturated carbocycles. The highest BCUT2D eigenvalue weighted by Crippen LogP contribution is 2.53. The molecule has 3 aromatic carbocycles. The second kappa shape index (κ2) is 7.71. The quantitative estimate of drug-likeness (QED) is 0.578. The van der Waals surface area contributed by atoms with Crippen LogP contribution in [0.15, 0.2) is 88.9 Å². The first-order valence-electron chi connectivity index (χ1n) is 10.7. The van der Waals surface area contributed by atoms with Crippen molar-refractivity contribution in [1.29, 1.82) is 0 Å². The average Bonchev–Trinajstić information content (AvgIpc) is 3.43. The predicted octanol–water partition coefficient (Wildman–Crippen LogP) is 4.75. The molecule has 6 rings (SSSR count). The molecule has 3 aliphatic heterocycles. The SMILES string of the molecule is COc1ccc(/C=C2\S[C@]3(NC2=O)Oc2ccccc2[C@H]2CC(c4ccccc4)=NN23)cc1. The first kappa shape index (κ1) is 19.9. The normalized spacial score (nSPS) is 24.2. The molecule has 1 amide bonds. The maximum Gasteiger partial charge on any atom is 0.336 e. The second-order valence-electron chi connectivity index (χ2n) is 8.04. The van der Waals surface area contributed by atoms with Crippen LogP contribution in [0.1, 0.15) is 29.2 Å². The highest BCUT2D eigenvalue weighted by atomic mass is 32.2. The first-order chi connectivity index (χ1) is 16.1. The lowest BCUT2D eigenvalue weighted by Gasteiger charge is -2.43. The third kappa shape index (κ3) is 3.36. The molecule has 0 bridgehead atoms. The number of hydrogen-bond donors (Lipinski definition) is 1. The van der Waals surface area contributed by atoms with E-state index in [0.717, 1.165) is 40.3 Å². The number of hydrogen-bond acceptors (Lipinski definition) is 6. The molecular weight excluding hydrogens is 434 g/mol. The van der Waals surface area contributed by atoms with Crippen molar-refractivity contribution in [3.05, 3.63) is 100 Å². The average molecular weight is 456 g/mol. The molecule has 2 atom stereocenters. The van der Waals surface area contributed by atoms with Crippen molar-refractivity contribution in [2.24, 2.45) is 5.10 Å². The van der Waals surface area contributed by atoms with E-state index in [0.29, 0.717) is 4.91 Å². The lowest BCUT2D eigenvalue weighted by Crippen LogP contribution is -2.58. The number of benzene rings is 3. The van der Waals surface area contributed by atoms with Crippen LogP contribution in [0, 0.1) is 0 Å². The van der Waals surface area contributed by atoms with Gasteiger partial charge in [-0.3, -0.25) is 10.1 Å². The van der Waals surface area contributed by atoms with Gasteiger partial charge in [0.05, 0.1) is 23.8 Å². The molecule has 6 nitrogen and oxygen atoms in total. The smallest absolute Gasteiger partial charge is 0.336 e. The highest BCUT2D eigenvalue weighted by Gasteiger charge is 2.57. The van der Waals surface area contributed by atoms with Crippen LogP contribution in [0.3, 0.4) is 0 Å². The zero-order valence-corrected chi connectivity index (χ0v) is 18.7. The van der Waals surface area contributed by atoms with Crippen molar-refractivity contribution >= 4 is 29.5 Å². The van der Waals surface area contributed by atoms with E-state index < -0.39 is 5.18 Å². The van der Waals surface area contributed by atoms with Gasteiger partial charge in [-0.05, 0) is 47.2 Å². The Balaban J connectivity index is 1.40. The molecule has 0 aliphatic carbocycles. The molecule has 1 spiro atoms. The Labute approximate surface area is 195 Å². The number of carbonyl (C=O) groups is 1. The summed E-state index contributed by atoms with van der Waals surface area (Å²) in [6.07, 6.45) is 2.60. The molecule has 3 aromatic rings. The minimum absolute atomic E-state index is 0.0294. The van der Waals surface area contributed by atoms with Crippen molar-refractivity contribution in [1.82, 2.24) is 10.3 Å². The van der Waals surface area contributed by atoms with Crippen molar-refractivity contribution in [3.8, 4) is 11.5 Å². The van der Waals surface area contributed by atoms with E-state index in [1.54, 1.807) is 7.11 Å². The minimum atomic E-state index is -1.13. The third-order valence-corrected chi connectivity index (χ3v) is 7.17. The molecule has 1 N–H and O–H groups in total. The number of nitrogens with zero attached hydrogens (tertiary/aromatic N) is 2. The van der Waals surface area contributed by atoms with Gasteiger partial charge >= 0.3 is 5.18 Å². The molecule has 1 fully saturated rings. The summed E-state index contributed by atoms with van der Waals surface area (Å²) < 4.78 is 11.7. The Hall–Kier alpha value is -3.71. The third-order valence-electron chi connectivity index (χ3n) is 6.00. The fraction of sp³-hybridized carbons (Fsp3) is 0.154. The van der Waals surface area contributed by atoms with Gasteiger partial charge in [0.25, 0.3) is 5.91 Å². The largest absolute Gasteiger partial charge is 0.497 e. The molecular formula is C26H21N3O3S. The fourth-order valence-corrected chi connectivity index (χ4v) is 5.57. The molecule has 7 heteroatoms. The number of thioether (sulfide) groups is 1. The number of para-hydroxylation sites is 1. The van der Waals surface area contributed by atoms with Crippen LogP contribution in [0.2, 0.25) is 0 Å². The van der Waals surface area contributed by atoms with Crippen LogP contribution in [0.4, 0.5) is 0 Å². The van der Waals surface area contributed by atoms with Gasteiger partial charge in [-0.1, -0.05) is 60.7 Å². The van der Waals surface area contributed by atoms with E-state index in [1.807, 2.05) is 71.7 Å². The van der Waals surface area contributed by atoms with Crippen molar-refractivity contribution in [2.75, 3.05) is 7.11 Å². The number of carbonyl (C=O) groups excluding carboxylic acids is 1. The molecule has 0 radical (unpaired) electrons. The summed E-state index contributed by atoms with van der Waals surface area (Å²) in [5.41, 5.74) is 4.03. The summed E-state index contributed by atoms with van der Waals surface area (Å²) in [6.45, 7) is 0. The minimum Gasteiger partial charge on any atom is -0.497 e. The Kier molecular flexibility index (Phi) is 4.66. The van der Waals surface area contributed by atoms with E-state index in [-0.39, 0.29) is 11.9 Å². The summed E-state index contributed by atoms with van der Waals surface area (Å²) in [6, 6.07) is 25.7. The van der Waals surface area contributed by atoms with Crippen LogP contribution in [-0.4, -0.2) is 28.9 Å². The molecule has 164 valence electrons. The van der Waals surface area contributed by atoms with E-state index in [2.05, 4.69) is 23.5 Å². The number of hydrazone groups is 1. The van der Waals surface area contributed by atoms with Crippen LogP contribution in [-0.2, 0) is 4.79 Å². The molecule has 1 saturated heterocycles. The predicted molar refractivity (Wildman–Crippen MR) is 129 cm³/mol. The Morgan fingerprint density at radius 2 is 1.85 bits per heavy atom. The van der Waals surface area contributed by atoms with Gasteiger partial charge in [-0.2, -0.15) is 5.10 Å². The first-order valence-corrected chi connectivity index (χ1v) is 11.5. The van der Waals surface area contributed by atoms with Gasteiger partial charge in [0.2, 0.25) is 0 Å². The summed E-state index contributed by atoms with van der Waals surface area (Å²) in [7, 11) is 1.63. The van der Waals surface area contributed by atoms with Gasteiger partial charge in [-0.25, -0.2) is 5.01 Å². The van der Waals surface area contributed by atoms with E-state index in [1.165, 1.54) is 11.8 Å². The lowest BCUT2D eigenvalue weighted by atomic mass is 9.97. The summed E-state index contributed by atoms with van der Waals surface area (Å²) in [4.78, 5) is 13.6. The molecule has 3 heterocycles. The van der Waals surface area contributed by atoms with Crippen molar-refractivity contribution in [3.63, 3.8) is 0 Å². The summed E-state index contributed by atoms with van der Waals surface area (Å²) in [5.74, 6) is 1.35. The van der Waals surface area contributed by atoms with Crippen molar-refractivity contribution in [2.45, 2.75) is 17.6 Å². The van der Waals surface area contributed by atoms with Crippen LogP contribution >= 0.6 is 11.8 Å². The van der Waals surface area contributed by atoms with Crippen LogP contribution in [0.25, 0.3) is 6.08 Å². The Morgan fingerprint density at radius 1 is 1.09 bits per heavy atom. The standard InChI is InChI=1S/C26H21N3O3S/c1-31-19-13-11-17(12-14-19)15-24-25(30)27-26(33-24)29-22(20-9-5-6-10-23(20)32-26)16-21(28-29)18-7-3-2-4-8-18/h2-15,22H,16H2,1H3,(H,27,30)/b24-15-/t22-,26+/m1/s1. The molecule has 3 aliphatic rings. The van der Waals surface area contributed by atoms with E-state index in [9.17, 15) is 4.79 Å². The zero-order chi connectivity index (χ0) is 22.4. The zero-order valence-electron chi connectivity index (χ0n) is 17.9. The Morgan fingerprint density at radius 3 is 2.64 bits per heavy atom. The number of ether oxygens (including phenoxy) is 2. The molecule has 33 heavy (non-hydrogen) atoms. The maximum absolute atomic E-state index is 13.0. The second-order valence-corrected chi connectivity index (χ2v) is 9.23. The van der Waals surface area contributed by atoms with Crippen molar-refractivity contribution < 1.29 is 14.3 Å². The highest BCUT2D eigenvalue weighted by molar-refractivity contribution is 8.05. The van der Waals surface area contributed by atoms with Gasteiger partial charge < -0.3 is 9.47 Å². The summed E-state index contributed by atoms with van der Waals surface area (Å²) in [5, 5.41) is 8.81. The number of fused-ring (bicyclic) bond motifs is 4. The lowest BCUT2D eigenvalue weighted by molar-refractivity contribution is -0.127. The Bertz CT molecular complexity index is 1290. The monoisotopic (exact) mass is 455 g/mol. The number of methoxy groups -OCH3 is 1. The summed E-state index contributed by atoms with van der Waals surface area (Å²) >= 11 is 1.35. The number of rotatable bonds is 3. The van der Waals surface area contributed by atoms with Gasteiger partial charge in [0.1, 0.15) is 11.5 Å². The van der Waals surface area contributed by atoms with Gasteiger partial charge in [0, 0.05) is 12.0 Å².